The van der Waals surface area contributed by atoms with Crippen LogP contribution in [0, 0.1) is 11.3 Å². The van der Waals surface area contributed by atoms with Crippen molar-refractivity contribution in [1.82, 2.24) is 20.1 Å². The average molecular weight is 566 g/mol. The van der Waals surface area contributed by atoms with Crippen LogP contribution in [0.2, 0.25) is 0 Å². The molecule has 1 amide bonds. The number of carbonyl (C=O) groups is 1. The molecule has 3 aromatic rings. The molecule has 1 N–H and O–H groups in total. The zero-order valence-electron chi connectivity index (χ0n) is 21.8. The highest BCUT2D eigenvalue weighted by Crippen LogP contribution is 2.42. The normalized spacial score (nSPS) is 17.1. The Morgan fingerprint density at radius 2 is 1.93 bits per heavy atom. The van der Waals surface area contributed by atoms with E-state index in [9.17, 15) is 22.8 Å². The Morgan fingerprint density at radius 3 is 2.63 bits per heavy atom. The van der Waals surface area contributed by atoms with Gasteiger partial charge in [0.1, 0.15) is 17.5 Å². The Kier molecular flexibility index (Phi) is 8.02. The number of hydrogen-bond donors (Lipinski definition) is 1. The SMILES string of the molecule is N#Cc1ccc(N2CCN(C(=O)/C=C\COC[C@@H]3c4ccccc4CN3c3cn[nH]c(=O)c3C(F)(F)F)CC2)nc1. The van der Waals surface area contributed by atoms with Gasteiger partial charge in [-0.25, -0.2) is 10.1 Å². The zero-order valence-corrected chi connectivity index (χ0v) is 21.8. The fourth-order valence-corrected chi connectivity index (χ4v) is 5.08. The molecule has 41 heavy (non-hydrogen) atoms. The van der Waals surface area contributed by atoms with Crippen molar-refractivity contribution in [3.8, 4) is 6.07 Å². The number of alkyl halides is 3. The topological polar surface area (TPSA) is 118 Å². The third-order valence-corrected chi connectivity index (χ3v) is 7.10. The Labute approximate surface area is 233 Å². The number of nitriles is 1. The minimum Gasteiger partial charge on any atom is -0.375 e. The number of benzene rings is 1. The van der Waals surface area contributed by atoms with Crippen LogP contribution in [-0.4, -0.2) is 65.4 Å². The molecule has 0 radical (unpaired) electrons. The lowest BCUT2D eigenvalue weighted by Crippen LogP contribution is -2.48. The van der Waals surface area contributed by atoms with E-state index in [-0.39, 0.29) is 31.4 Å². The summed E-state index contributed by atoms with van der Waals surface area (Å²) in [4.78, 5) is 34.3. The van der Waals surface area contributed by atoms with Crippen LogP contribution in [0.15, 0.2) is 65.7 Å². The van der Waals surface area contributed by atoms with Crippen molar-refractivity contribution in [2.45, 2.75) is 18.8 Å². The number of aromatic amines is 1. The fraction of sp³-hybridized carbons (Fsp3) is 0.321. The molecule has 212 valence electrons. The number of anilines is 2. The van der Waals surface area contributed by atoms with Gasteiger partial charge in [0, 0.05) is 45.0 Å². The molecule has 0 unspecified atom stereocenters. The molecule has 0 saturated carbocycles. The van der Waals surface area contributed by atoms with E-state index in [4.69, 9.17) is 10.00 Å². The molecular formula is C28H26F3N7O3. The van der Waals surface area contributed by atoms with E-state index in [2.05, 4.69) is 10.1 Å². The monoisotopic (exact) mass is 565 g/mol. The van der Waals surface area contributed by atoms with Gasteiger partial charge >= 0.3 is 6.18 Å². The van der Waals surface area contributed by atoms with Crippen LogP contribution in [0.25, 0.3) is 0 Å². The summed E-state index contributed by atoms with van der Waals surface area (Å²) in [6.45, 7) is 2.49. The third-order valence-electron chi connectivity index (χ3n) is 7.10. The molecule has 4 heterocycles. The van der Waals surface area contributed by atoms with Gasteiger partial charge < -0.3 is 19.4 Å². The molecule has 2 aliphatic heterocycles. The van der Waals surface area contributed by atoms with Crippen molar-refractivity contribution in [3.05, 3.63) is 93.6 Å². The lowest BCUT2D eigenvalue weighted by atomic mass is 10.1. The van der Waals surface area contributed by atoms with Crippen LogP contribution in [-0.2, 0) is 22.3 Å². The number of nitrogens with one attached hydrogen (secondary N) is 1. The summed E-state index contributed by atoms with van der Waals surface area (Å²) in [5.74, 6) is 0.582. The van der Waals surface area contributed by atoms with Crippen molar-refractivity contribution < 1.29 is 22.7 Å². The van der Waals surface area contributed by atoms with Crippen LogP contribution in [0.3, 0.4) is 0 Å². The molecular weight excluding hydrogens is 539 g/mol. The van der Waals surface area contributed by atoms with Crippen molar-refractivity contribution >= 4 is 17.4 Å². The molecule has 13 heteroatoms. The molecule has 0 bridgehead atoms. The number of amides is 1. The van der Waals surface area contributed by atoms with Crippen molar-refractivity contribution in [3.63, 3.8) is 0 Å². The maximum atomic E-state index is 13.8. The highest BCUT2D eigenvalue weighted by Gasteiger charge is 2.41. The number of aromatic nitrogens is 3. The summed E-state index contributed by atoms with van der Waals surface area (Å²) in [7, 11) is 0. The lowest BCUT2D eigenvalue weighted by molar-refractivity contribution is -0.138. The van der Waals surface area contributed by atoms with Gasteiger partial charge in [-0.05, 0) is 23.3 Å². The van der Waals surface area contributed by atoms with E-state index >= 15 is 0 Å². The largest absolute Gasteiger partial charge is 0.423 e. The van der Waals surface area contributed by atoms with Gasteiger partial charge in [0.2, 0.25) is 5.91 Å². The molecule has 1 fully saturated rings. The maximum absolute atomic E-state index is 13.8. The quantitative estimate of drug-likeness (QED) is 0.343. The predicted octanol–water partition coefficient (Wildman–Crippen LogP) is 3.04. The van der Waals surface area contributed by atoms with Gasteiger partial charge in [0.25, 0.3) is 5.56 Å². The van der Waals surface area contributed by atoms with Gasteiger partial charge in [-0.2, -0.15) is 23.5 Å². The third kappa shape index (κ3) is 6.07. The summed E-state index contributed by atoms with van der Waals surface area (Å²) in [5.41, 5.74) is -0.802. The number of rotatable bonds is 7. The second-order valence-electron chi connectivity index (χ2n) is 9.57. The molecule has 0 spiro atoms. The number of pyridine rings is 1. The van der Waals surface area contributed by atoms with Gasteiger partial charge in [0.15, 0.2) is 0 Å². The first kappa shape index (κ1) is 27.9. The predicted molar refractivity (Wildman–Crippen MR) is 143 cm³/mol. The molecule has 1 atom stereocenters. The summed E-state index contributed by atoms with van der Waals surface area (Å²) >= 11 is 0. The Hall–Kier alpha value is -4.70. The second kappa shape index (κ2) is 11.8. The smallest absolute Gasteiger partial charge is 0.375 e. The van der Waals surface area contributed by atoms with E-state index in [0.717, 1.165) is 23.1 Å². The summed E-state index contributed by atoms with van der Waals surface area (Å²) in [5, 5.41) is 14.4. The first-order chi connectivity index (χ1) is 19.8. The Bertz CT molecular complexity index is 1520. The minimum atomic E-state index is -4.86. The molecule has 1 saturated heterocycles. The molecule has 5 rings (SSSR count). The second-order valence-corrected chi connectivity index (χ2v) is 9.57. The van der Waals surface area contributed by atoms with Crippen molar-refractivity contribution in [2.75, 3.05) is 49.2 Å². The van der Waals surface area contributed by atoms with Crippen LogP contribution in [0.5, 0.6) is 0 Å². The van der Waals surface area contributed by atoms with Crippen molar-refractivity contribution in [2.24, 2.45) is 0 Å². The van der Waals surface area contributed by atoms with Gasteiger partial charge in [-0.15, -0.1) is 0 Å². The minimum absolute atomic E-state index is 0.0376. The van der Waals surface area contributed by atoms with E-state index in [1.54, 1.807) is 35.2 Å². The summed E-state index contributed by atoms with van der Waals surface area (Å²) in [6, 6.07) is 12.2. The lowest BCUT2D eigenvalue weighted by Gasteiger charge is -2.34. The summed E-state index contributed by atoms with van der Waals surface area (Å²) in [6.07, 6.45) is 0.680. The molecule has 10 nitrogen and oxygen atoms in total. The number of hydrogen-bond acceptors (Lipinski definition) is 8. The zero-order chi connectivity index (χ0) is 29.0. The Balaban J connectivity index is 1.18. The van der Waals surface area contributed by atoms with Gasteiger partial charge in [0.05, 0.1) is 36.7 Å². The number of fused-ring (bicyclic) bond motifs is 1. The van der Waals surface area contributed by atoms with Crippen LogP contribution < -0.4 is 15.4 Å². The highest BCUT2D eigenvalue weighted by molar-refractivity contribution is 5.87. The molecule has 2 aliphatic rings. The van der Waals surface area contributed by atoms with Crippen LogP contribution in [0.1, 0.15) is 28.3 Å². The van der Waals surface area contributed by atoms with Crippen LogP contribution in [0.4, 0.5) is 24.7 Å². The number of carbonyl (C=O) groups excluding carboxylic acids is 1. The number of H-pyrrole nitrogens is 1. The number of piperazine rings is 1. The number of ether oxygens (including phenoxy) is 1. The molecule has 0 aliphatic carbocycles. The van der Waals surface area contributed by atoms with E-state index in [0.29, 0.717) is 31.7 Å². The van der Waals surface area contributed by atoms with E-state index in [1.165, 1.54) is 17.2 Å². The fourth-order valence-electron chi connectivity index (χ4n) is 5.08. The average Bonchev–Trinajstić information content (AvgIpc) is 3.34. The first-order valence-electron chi connectivity index (χ1n) is 12.9. The summed E-state index contributed by atoms with van der Waals surface area (Å²) < 4.78 is 47.1. The van der Waals surface area contributed by atoms with Gasteiger partial charge in [-0.3, -0.25) is 9.59 Å². The molecule has 1 aromatic carbocycles. The number of halogens is 3. The standard InChI is InChI=1S/C28H26F3N7O3/c29-28(30,31)26-22(16-34-35-27(26)40)38-17-20-4-1-2-5-21(20)23(38)18-41-13-3-6-25(39)37-11-9-36(10-12-37)24-8-7-19(14-32)15-33-24/h1-8,15-16,23H,9-13,17-18H2,(H,35,40)/b6-3-/t23-/m1/s1. The van der Waals surface area contributed by atoms with Gasteiger partial charge in [-0.1, -0.05) is 30.3 Å². The van der Waals surface area contributed by atoms with Crippen LogP contribution >= 0.6 is 0 Å². The highest BCUT2D eigenvalue weighted by atomic mass is 19.4. The first-order valence-corrected chi connectivity index (χ1v) is 12.9. The van der Waals surface area contributed by atoms with Crippen molar-refractivity contribution in [1.29, 1.82) is 5.26 Å². The molecule has 2 aromatic heterocycles. The van der Waals surface area contributed by atoms with E-state index in [1.807, 2.05) is 28.2 Å². The van der Waals surface area contributed by atoms with E-state index < -0.39 is 23.3 Å². The number of nitrogens with zero attached hydrogens (tertiary/aromatic N) is 6. The maximum Gasteiger partial charge on any atom is 0.423 e. The Morgan fingerprint density at radius 1 is 1.15 bits per heavy atom.